The Morgan fingerprint density at radius 3 is 2.53 bits per heavy atom. The summed E-state index contributed by atoms with van der Waals surface area (Å²) in [5, 5.41) is 26.2. The van der Waals surface area contributed by atoms with E-state index in [4.69, 9.17) is 10.8 Å². The van der Waals surface area contributed by atoms with Crippen LogP contribution in [0, 0.1) is 0 Å². The van der Waals surface area contributed by atoms with Crippen LogP contribution < -0.4 is 11.1 Å². The Labute approximate surface area is 250 Å². The highest BCUT2D eigenvalue weighted by molar-refractivity contribution is 5.69. The molecule has 1 atom stereocenters. The molecular weight excluding hydrogens is 542 g/mol. The Kier molecular flexibility index (Phi) is 7.50. The van der Waals surface area contributed by atoms with Gasteiger partial charge < -0.3 is 16.2 Å². The molecule has 1 saturated heterocycles. The lowest BCUT2D eigenvalue weighted by atomic mass is 10.0. The lowest BCUT2D eigenvalue weighted by Gasteiger charge is -2.38. The zero-order chi connectivity index (χ0) is 29.3. The number of nitrogens with one attached hydrogen (secondary N) is 1. The maximum absolute atomic E-state index is 11.1. The van der Waals surface area contributed by atoms with Crippen molar-refractivity contribution in [3.8, 4) is 17.1 Å². The number of benzene rings is 2. The molecule has 3 heterocycles. The first-order valence-electron chi connectivity index (χ1n) is 15.2. The molecule has 7 rings (SSSR count). The Morgan fingerprint density at radius 2 is 1.70 bits per heavy atom. The third-order valence-corrected chi connectivity index (χ3v) is 9.11. The normalized spacial score (nSPS) is 19.0. The van der Waals surface area contributed by atoms with Crippen LogP contribution in [0.4, 0.5) is 17.6 Å². The number of rotatable bonds is 6. The van der Waals surface area contributed by atoms with Crippen LogP contribution in [0.25, 0.3) is 17.1 Å². The number of hydrogen-bond donors (Lipinski definition) is 3. The van der Waals surface area contributed by atoms with Crippen LogP contribution >= 0.6 is 0 Å². The molecule has 43 heavy (non-hydrogen) atoms. The maximum Gasteiger partial charge on any atom is 0.317 e. The number of nitrogens with zero attached hydrogens (tertiary/aromatic N) is 7. The smallest absolute Gasteiger partial charge is 0.317 e. The minimum absolute atomic E-state index is 0.133. The second-order valence-electron chi connectivity index (χ2n) is 11.8. The monoisotopic (exact) mass is 579 g/mol. The molecule has 3 aliphatic rings. The van der Waals surface area contributed by atoms with Gasteiger partial charge in [-0.05, 0) is 85.4 Å². The summed E-state index contributed by atoms with van der Waals surface area (Å²) in [6.45, 7) is 3.63. The Bertz CT molecular complexity index is 1640. The highest BCUT2D eigenvalue weighted by atomic mass is 16.4. The number of aryl methyl sites for hydroxylation is 4. The molecule has 0 radical (unpaired) electrons. The molecule has 1 unspecified atom stereocenters. The van der Waals surface area contributed by atoms with Gasteiger partial charge in [0.15, 0.2) is 5.82 Å². The molecule has 0 bridgehead atoms. The van der Waals surface area contributed by atoms with Crippen molar-refractivity contribution < 1.29 is 9.90 Å². The minimum atomic E-state index is -0.749. The third-order valence-electron chi connectivity index (χ3n) is 9.11. The number of carboxylic acids is 1. The van der Waals surface area contributed by atoms with Gasteiger partial charge in [-0.3, -0.25) is 14.6 Å². The predicted octanol–water partition coefficient (Wildman–Crippen LogP) is 3.49. The number of fused-ring (bicyclic) bond motifs is 4. The van der Waals surface area contributed by atoms with Crippen molar-refractivity contribution in [3.63, 3.8) is 0 Å². The molecule has 11 nitrogen and oxygen atoms in total. The zero-order valence-electron chi connectivity index (χ0n) is 24.2. The van der Waals surface area contributed by atoms with Crippen molar-refractivity contribution in [3.05, 3.63) is 70.8 Å². The van der Waals surface area contributed by atoms with E-state index in [-0.39, 0.29) is 12.5 Å². The fourth-order valence-electron chi connectivity index (χ4n) is 6.86. The van der Waals surface area contributed by atoms with Crippen LogP contribution in [-0.2, 0) is 30.5 Å². The van der Waals surface area contributed by atoms with Gasteiger partial charge in [-0.25, -0.2) is 0 Å². The molecule has 0 saturated carbocycles. The van der Waals surface area contributed by atoms with Crippen molar-refractivity contribution in [2.45, 2.75) is 51.0 Å². The van der Waals surface area contributed by atoms with E-state index in [9.17, 15) is 4.79 Å². The zero-order valence-corrected chi connectivity index (χ0v) is 24.2. The van der Waals surface area contributed by atoms with Gasteiger partial charge in [-0.2, -0.15) is 9.67 Å². The number of aromatic nitrogens is 5. The third kappa shape index (κ3) is 5.82. The van der Waals surface area contributed by atoms with E-state index in [0.29, 0.717) is 17.8 Å². The Balaban J connectivity index is 1.03. The fourth-order valence-corrected chi connectivity index (χ4v) is 6.86. The molecule has 2 aliphatic carbocycles. The van der Waals surface area contributed by atoms with Crippen LogP contribution in [-0.4, -0.2) is 84.6 Å². The second kappa shape index (κ2) is 11.7. The van der Waals surface area contributed by atoms with Crippen LogP contribution in [0.1, 0.15) is 41.5 Å². The van der Waals surface area contributed by atoms with E-state index in [0.717, 1.165) is 93.6 Å². The SMILES string of the molecule is Nc1nc(Nc2ccc3c(c2)CCC(N2CCN(CC(=O)O)CC2)CC3)nn1-c1cc2c(nn1)-c1ccccc1CCC2. The van der Waals surface area contributed by atoms with Crippen LogP contribution in [0.15, 0.2) is 48.5 Å². The van der Waals surface area contributed by atoms with Crippen molar-refractivity contribution in [2.24, 2.45) is 0 Å². The number of hydrogen-bond acceptors (Lipinski definition) is 9. The molecule has 222 valence electrons. The van der Waals surface area contributed by atoms with Crippen molar-refractivity contribution >= 4 is 23.6 Å². The molecule has 0 amide bonds. The van der Waals surface area contributed by atoms with E-state index in [1.807, 2.05) is 17.0 Å². The van der Waals surface area contributed by atoms with E-state index >= 15 is 0 Å². The van der Waals surface area contributed by atoms with Gasteiger partial charge in [0.2, 0.25) is 11.9 Å². The number of carboxylic acid groups (broad SMARTS) is 1. The quantitative estimate of drug-likeness (QED) is 0.291. The summed E-state index contributed by atoms with van der Waals surface area (Å²) in [7, 11) is 0. The summed E-state index contributed by atoms with van der Waals surface area (Å²) in [4.78, 5) is 20.1. The largest absolute Gasteiger partial charge is 0.480 e. The average Bonchev–Trinajstić information content (AvgIpc) is 3.15. The number of carbonyl (C=O) groups is 1. The molecule has 0 spiro atoms. The molecular formula is C32H37N9O2. The first-order chi connectivity index (χ1) is 21.0. The van der Waals surface area contributed by atoms with E-state index in [2.05, 4.69) is 66.9 Å². The average molecular weight is 580 g/mol. The summed E-state index contributed by atoms with van der Waals surface area (Å²) in [5.74, 6) is 0.492. The fraction of sp³-hybridized carbons (Fsp3) is 0.406. The van der Waals surface area contributed by atoms with Gasteiger partial charge >= 0.3 is 5.97 Å². The van der Waals surface area contributed by atoms with Gasteiger partial charge in [-0.15, -0.1) is 15.3 Å². The molecule has 11 heteroatoms. The molecule has 2 aromatic carbocycles. The maximum atomic E-state index is 11.1. The van der Waals surface area contributed by atoms with Crippen molar-refractivity contribution in [1.29, 1.82) is 0 Å². The van der Waals surface area contributed by atoms with Crippen molar-refractivity contribution in [1.82, 2.24) is 34.8 Å². The Morgan fingerprint density at radius 1 is 0.907 bits per heavy atom. The summed E-state index contributed by atoms with van der Waals surface area (Å²) in [5.41, 5.74) is 14.5. The highest BCUT2D eigenvalue weighted by Crippen LogP contribution is 2.32. The number of nitrogen functional groups attached to an aromatic ring is 1. The number of aliphatic carboxylic acids is 1. The van der Waals surface area contributed by atoms with E-state index < -0.39 is 5.97 Å². The standard InChI is InChI=1S/C32H37N9O2/c33-31-35-32(38-41(31)28-19-24-6-3-5-22-4-1-2-7-27(22)30(24)37-36-28)34-25-11-8-21-9-12-26(13-10-23(21)18-25)40-16-14-39(15-17-40)20-29(42)43/h1-2,4,7-8,11,18-19,26H,3,5-6,9-10,12-17,20H2,(H,42,43)(H3,33,34,35,38). The van der Waals surface area contributed by atoms with E-state index in [1.54, 1.807) is 4.68 Å². The first-order valence-corrected chi connectivity index (χ1v) is 15.2. The molecule has 2 aromatic heterocycles. The molecule has 4 aromatic rings. The highest BCUT2D eigenvalue weighted by Gasteiger charge is 2.27. The summed E-state index contributed by atoms with van der Waals surface area (Å²) >= 11 is 0. The van der Waals surface area contributed by atoms with Crippen LogP contribution in [0.3, 0.4) is 0 Å². The molecule has 4 N–H and O–H groups in total. The summed E-state index contributed by atoms with van der Waals surface area (Å²) in [6, 6.07) is 17.5. The van der Waals surface area contributed by atoms with Gasteiger partial charge in [0.1, 0.15) is 0 Å². The Hall–Kier alpha value is -4.35. The van der Waals surface area contributed by atoms with Crippen LogP contribution in [0.2, 0.25) is 0 Å². The lowest BCUT2D eigenvalue weighted by Crippen LogP contribution is -2.51. The van der Waals surface area contributed by atoms with Gasteiger partial charge in [-0.1, -0.05) is 30.3 Å². The number of nitrogens with two attached hydrogens (primary N) is 1. The number of piperazine rings is 1. The number of anilines is 3. The van der Waals surface area contributed by atoms with Gasteiger partial charge in [0, 0.05) is 43.5 Å². The van der Waals surface area contributed by atoms with Crippen LogP contribution in [0.5, 0.6) is 0 Å². The predicted molar refractivity (Wildman–Crippen MR) is 165 cm³/mol. The summed E-state index contributed by atoms with van der Waals surface area (Å²) < 4.78 is 1.55. The lowest BCUT2D eigenvalue weighted by molar-refractivity contribution is -0.138. The minimum Gasteiger partial charge on any atom is -0.480 e. The van der Waals surface area contributed by atoms with Crippen molar-refractivity contribution in [2.75, 3.05) is 43.8 Å². The van der Waals surface area contributed by atoms with Gasteiger partial charge in [0.05, 0.1) is 12.2 Å². The summed E-state index contributed by atoms with van der Waals surface area (Å²) in [6.07, 6.45) is 7.25. The molecule has 1 aliphatic heterocycles. The van der Waals surface area contributed by atoms with E-state index in [1.165, 1.54) is 16.7 Å². The topological polar surface area (TPSA) is 138 Å². The molecule has 1 fully saturated rings. The van der Waals surface area contributed by atoms with Gasteiger partial charge in [0.25, 0.3) is 0 Å². The second-order valence-corrected chi connectivity index (χ2v) is 11.8. The first kappa shape index (κ1) is 27.5.